The molecule has 6 heteroatoms. The van der Waals surface area contributed by atoms with Crippen molar-refractivity contribution in [2.75, 3.05) is 0 Å². The summed E-state index contributed by atoms with van der Waals surface area (Å²) < 4.78 is 0. The molecule has 0 bridgehead atoms. The first kappa shape index (κ1) is 22.7. The number of aromatic hydroxyl groups is 1. The minimum Gasteiger partial charge on any atom is -0.512 e. The third-order valence-electron chi connectivity index (χ3n) is 3.67. The zero-order valence-electron chi connectivity index (χ0n) is 13.9. The molecule has 0 aliphatic heterocycles. The van der Waals surface area contributed by atoms with E-state index >= 15 is 0 Å². The molecule has 0 heterocycles. The van der Waals surface area contributed by atoms with Gasteiger partial charge < -0.3 is 16.9 Å². The third-order valence-corrected chi connectivity index (χ3v) is 3.93. The fraction of sp³-hybridized carbons (Fsp3) is 0.211. The van der Waals surface area contributed by atoms with Crippen LogP contribution in [0.5, 0.6) is 5.75 Å². The number of nitrogens with zero attached hydrogens (tertiary/aromatic N) is 2. The molecular weight excluding hydrogens is 387 g/mol. The van der Waals surface area contributed by atoms with Crippen molar-refractivity contribution in [3.63, 3.8) is 0 Å². The summed E-state index contributed by atoms with van der Waals surface area (Å²) in [6.45, 7) is 10.2. The first-order valence-electron chi connectivity index (χ1n) is 7.16. The molecule has 132 valence electrons. The maximum Gasteiger partial charge on any atom is 1.00 e. The van der Waals surface area contributed by atoms with Crippen LogP contribution in [0.25, 0.3) is 0 Å². The van der Waals surface area contributed by atoms with Crippen LogP contribution in [0.1, 0.15) is 52.4 Å². The van der Waals surface area contributed by atoms with Gasteiger partial charge in [-0.2, -0.15) is 5.26 Å². The number of hydrogen-bond donors (Lipinski definition) is 1. The number of hydrogen-bond acceptors (Lipinski definition) is 4. The number of carbonyl (C=O) groups is 1. The Balaban J connectivity index is 0.00000185. The van der Waals surface area contributed by atoms with E-state index in [0.29, 0.717) is 27.3 Å². The molecule has 0 spiro atoms. The molecule has 0 aliphatic carbocycles. The summed E-state index contributed by atoms with van der Waals surface area (Å²) in [6.07, 6.45) is 0. The van der Waals surface area contributed by atoms with Gasteiger partial charge in [-0.25, -0.2) is 0 Å². The van der Waals surface area contributed by atoms with Crippen LogP contribution in [0.3, 0.4) is 0 Å². The van der Waals surface area contributed by atoms with E-state index in [1.165, 1.54) is 0 Å². The molecule has 2 rings (SSSR count). The topological polar surface area (TPSA) is 84.9 Å². The summed E-state index contributed by atoms with van der Waals surface area (Å²) in [6, 6.07) is 10.3. The number of ketones is 1. The quantitative estimate of drug-likeness (QED) is 0.458. The van der Waals surface area contributed by atoms with E-state index in [9.17, 15) is 15.2 Å². The van der Waals surface area contributed by atoms with E-state index in [-0.39, 0.29) is 40.1 Å². The third kappa shape index (κ3) is 4.84. The molecule has 4 nitrogen and oxygen atoms in total. The molecule has 0 atom stereocenters. The van der Waals surface area contributed by atoms with Gasteiger partial charge in [0.1, 0.15) is 11.8 Å². The number of carbonyl (C=O) groups excluding carboxylic acids is 1. The van der Waals surface area contributed by atoms with Gasteiger partial charge in [-0.05, 0) is 54.3 Å². The average molecular weight is 403 g/mol. The molecule has 0 saturated heterocycles. The Morgan fingerprint density at radius 2 is 1.76 bits per heavy atom. The largest absolute Gasteiger partial charge is 1.00 e. The molecule has 0 amide bonds. The molecule has 0 unspecified atom stereocenters. The normalized spacial score (nSPS) is 9.36. The summed E-state index contributed by atoms with van der Waals surface area (Å²) in [4.78, 5) is 12.7. The Kier molecular flexibility index (Phi) is 8.96. The van der Waals surface area contributed by atoms with Crippen LogP contribution < -0.4 is 0 Å². The maximum atomic E-state index is 12.7. The van der Waals surface area contributed by atoms with Crippen LogP contribution in [-0.2, 0) is 17.1 Å². The second-order valence-electron chi connectivity index (χ2n) is 5.46. The zero-order chi connectivity index (χ0) is 18.4. The molecule has 1 N–H and O–H groups in total. The van der Waals surface area contributed by atoms with Crippen LogP contribution >= 0.6 is 11.6 Å². The fourth-order valence-electron chi connectivity index (χ4n) is 2.36. The minimum absolute atomic E-state index is 0. The van der Waals surface area contributed by atoms with E-state index in [2.05, 4.69) is 0 Å². The Morgan fingerprint density at radius 3 is 2.20 bits per heavy atom. The van der Waals surface area contributed by atoms with E-state index in [1.807, 2.05) is 19.9 Å². The number of phenolic OH excluding ortho intramolecular Hbond substituents is 1. The number of nitriles is 1. The number of halogens is 1. The molecule has 0 aromatic heterocycles. The Hall–Kier alpha value is -2.30. The predicted octanol–water partition coefficient (Wildman–Crippen LogP) is 4.67. The van der Waals surface area contributed by atoms with Crippen molar-refractivity contribution in [1.29, 1.82) is 10.5 Å². The van der Waals surface area contributed by atoms with Gasteiger partial charge in [-0.3, -0.25) is 4.79 Å². The maximum absolute atomic E-state index is 12.7. The van der Waals surface area contributed by atoms with E-state index in [0.717, 1.165) is 0 Å². The Morgan fingerprint density at radius 1 is 1.24 bits per heavy atom. The SMILES string of the molecule is Cc1c(C(=O)c2ccc(Cl)cc2)cc(C(C)C)c(O)c1C#N.[C-]#N.[Cu+]. The van der Waals surface area contributed by atoms with Gasteiger partial charge in [-0.15, -0.1) is 0 Å². The molecule has 0 aliphatic rings. The molecule has 2 aromatic carbocycles. The fourth-order valence-corrected chi connectivity index (χ4v) is 2.48. The van der Waals surface area contributed by atoms with Crippen molar-refractivity contribution in [1.82, 2.24) is 0 Å². The van der Waals surface area contributed by atoms with Crippen molar-refractivity contribution in [2.45, 2.75) is 26.7 Å². The van der Waals surface area contributed by atoms with E-state index in [1.54, 1.807) is 37.3 Å². The van der Waals surface area contributed by atoms with Gasteiger partial charge >= 0.3 is 17.1 Å². The Labute approximate surface area is 163 Å². The molecular formula is C19H16ClCuN2O2. The van der Waals surface area contributed by atoms with Crippen LogP contribution in [0.2, 0.25) is 5.02 Å². The smallest absolute Gasteiger partial charge is 0.512 e. The van der Waals surface area contributed by atoms with Gasteiger partial charge in [0, 0.05) is 16.1 Å². The van der Waals surface area contributed by atoms with Crippen LogP contribution in [0.4, 0.5) is 0 Å². The summed E-state index contributed by atoms with van der Waals surface area (Å²) in [7, 11) is 0. The predicted molar refractivity (Wildman–Crippen MR) is 91.5 cm³/mol. The number of benzene rings is 2. The van der Waals surface area contributed by atoms with Gasteiger partial charge in [0.05, 0.1) is 5.56 Å². The summed E-state index contributed by atoms with van der Waals surface area (Å²) in [5.74, 6) is -0.223. The molecule has 25 heavy (non-hydrogen) atoms. The molecule has 0 radical (unpaired) electrons. The number of rotatable bonds is 3. The van der Waals surface area contributed by atoms with Gasteiger partial charge in [0.25, 0.3) is 0 Å². The van der Waals surface area contributed by atoms with E-state index in [4.69, 9.17) is 23.4 Å². The summed E-state index contributed by atoms with van der Waals surface area (Å²) in [5, 5.41) is 26.3. The van der Waals surface area contributed by atoms with E-state index < -0.39 is 0 Å². The second-order valence-corrected chi connectivity index (χ2v) is 5.90. The molecule has 0 saturated carbocycles. The van der Waals surface area contributed by atoms with Crippen molar-refractivity contribution in [3.8, 4) is 11.8 Å². The van der Waals surface area contributed by atoms with Crippen molar-refractivity contribution in [2.24, 2.45) is 0 Å². The van der Waals surface area contributed by atoms with Crippen LogP contribution in [-0.4, -0.2) is 10.9 Å². The summed E-state index contributed by atoms with van der Waals surface area (Å²) in [5.41, 5.74) is 2.17. The van der Waals surface area contributed by atoms with Gasteiger partial charge in [0.2, 0.25) is 0 Å². The van der Waals surface area contributed by atoms with Gasteiger partial charge in [-0.1, -0.05) is 25.4 Å². The van der Waals surface area contributed by atoms with Crippen molar-refractivity contribution >= 4 is 17.4 Å². The monoisotopic (exact) mass is 402 g/mol. The van der Waals surface area contributed by atoms with Crippen molar-refractivity contribution in [3.05, 3.63) is 69.7 Å². The number of phenols is 1. The zero-order valence-corrected chi connectivity index (χ0v) is 15.6. The van der Waals surface area contributed by atoms with Crippen LogP contribution in [0, 0.1) is 30.1 Å². The first-order valence-corrected chi connectivity index (χ1v) is 7.53. The van der Waals surface area contributed by atoms with Crippen LogP contribution in [0.15, 0.2) is 30.3 Å². The standard InChI is InChI=1S/C18H16ClNO2.CN.Cu/c1-10(2)14-8-15(11(3)16(9-20)18(14)22)17(21)12-4-6-13(19)7-5-12;1-2;/h4-8,10,22H,1-3H3;;/q;-1;+1. The first-order chi connectivity index (χ1) is 11.4. The second kappa shape index (κ2) is 9.87. The molecule has 2 aromatic rings. The molecule has 0 fully saturated rings. The Bertz CT molecular complexity index is 822. The van der Waals surface area contributed by atoms with Crippen molar-refractivity contribution < 1.29 is 27.0 Å². The minimum atomic E-state index is -0.187. The summed E-state index contributed by atoms with van der Waals surface area (Å²) >= 11 is 5.84. The average Bonchev–Trinajstić information content (AvgIpc) is 2.57. The van der Waals surface area contributed by atoms with Gasteiger partial charge in [0.15, 0.2) is 5.78 Å².